The van der Waals surface area contributed by atoms with Crippen LogP contribution in [0.1, 0.15) is 46.5 Å². The molecule has 0 heterocycles. The number of hydrogen-bond donors (Lipinski definition) is 1. The highest BCUT2D eigenvalue weighted by molar-refractivity contribution is 4.78. The Labute approximate surface area is 81.6 Å². The zero-order valence-electron chi connectivity index (χ0n) is 9.09. The average Bonchev–Trinajstić information content (AvgIpc) is 2.27. The Bertz CT molecular complexity index is 155. The topological polar surface area (TPSA) is 36.2 Å². The van der Waals surface area contributed by atoms with E-state index >= 15 is 0 Å². The second kappa shape index (κ2) is 4.73. The molecule has 13 heavy (non-hydrogen) atoms. The molecule has 0 aliphatic heterocycles. The fraction of sp³-hybridized carbons (Fsp3) is 1.00. The van der Waals surface area contributed by atoms with Gasteiger partial charge in [-0.1, -0.05) is 26.7 Å². The third-order valence-corrected chi connectivity index (χ3v) is 3.45. The molecule has 0 saturated heterocycles. The van der Waals surface area contributed by atoms with E-state index in [1.165, 1.54) is 25.7 Å². The monoisotopic (exact) mass is 182 g/mol. The molecule has 0 aromatic heterocycles. The highest BCUT2D eigenvalue weighted by Gasteiger charge is 2.25. The number of nitrogens with zero attached hydrogens (tertiary/aromatic N) is 1. The molecule has 1 saturated carbocycles. The van der Waals surface area contributed by atoms with Crippen molar-refractivity contribution in [1.82, 2.24) is 0 Å². The lowest BCUT2D eigenvalue weighted by Crippen LogP contribution is -2.17. The summed E-state index contributed by atoms with van der Waals surface area (Å²) in [5.74, 6) is 2.32. The summed E-state index contributed by atoms with van der Waals surface area (Å²) in [6, 6.07) is 0.239. The quantitative estimate of drug-likeness (QED) is 0.497. The first-order chi connectivity index (χ1) is 6.13. The van der Waals surface area contributed by atoms with Gasteiger partial charge in [-0.25, -0.2) is 5.53 Å². The van der Waals surface area contributed by atoms with E-state index in [1.54, 1.807) is 0 Å². The second-order valence-electron chi connectivity index (χ2n) is 4.89. The fourth-order valence-corrected chi connectivity index (χ4v) is 2.43. The molecule has 2 nitrogen and oxygen atoms in total. The molecular weight excluding hydrogens is 160 g/mol. The molecule has 76 valence electrons. The van der Waals surface area contributed by atoms with Gasteiger partial charge in [0, 0.05) is 0 Å². The van der Waals surface area contributed by atoms with Gasteiger partial charge in [-0.2, -0.15) is 5.11 Å². The molecule has 1 N–H and O–H groups in total. The van der Waals surface area contributed by atoms with Crippen LogP contribution < -0.4 is 0 Å². The predicted molar refractivity (Wildman–Crippen MR) is 54.9 cm³/mol. The van der Waals surface area contributed by atoms with Gasteiger partial charge < -0.3 is 0 Å². The summed E-state index contributed by atoms with van der Waals surface area (Å²) in [6.07, 6.45) is 5.27. The summed E-state index contributed by atoms with van der Waals surface area (Å²) in [4.78, 5) is 0. The molecule has 0 amide bonds. The lowest BCUT2D eigenvalue weighted by Gasteiger charge is -2.21. The molecule has 0 aromatic carbocycles. The lowest BCUT2D eigenvalue weighted by molar-refractivity contribution is 0.321. The van der Waals surface area contributed by atoms with Crippen LogP contribution in [-0.4, -0.2) is 6.04 Å². The van der Waals surface area contributed by atoms with Gasteiger partial charge in [0.25, 0.3) is 0 Å². The number of hydrogen-bond acceptors (Lipinski definition) is 2. The van der Waals surface area contributed by atoms with E-state index < -0.39 is 0 Å². The van der Waals surface area contributed by atoms with Crippen LogP contribution >= 0.6 is 0 Å². The van der Waals surface area contributed by atoms with Crippen LogP contribution in [0.15, 0.2) is 5.11 Å². The van der Waals surface area contributed by atoms with E-state index in [0.29, 0.717) is 5.92 Å². The maximum atomic E-state index is 7.07. The molecule has 3 unspecified atom stereocenters. The molecule has 1 aliphatic carbocycles. The van der Waals surface area contributed by atoms with E-state index in [4.69, 9.17) is 5.53 Å². The summed E-state index contributed by atoms with van der Waals surface area (Å²) in [5, 5.41) is 3.67. The van der Waals surface area contributed by atoms with Crippen LogP contribution in [0.5, 0.6) is 0 Å². The van der Waals surface area contributed by atoms with Crippen molar-refractivity contribution in [3.8, 4) is 0 Å². The van der Waals surface area contributed by atoms with E-state index in [9.17, 15) is 0 Å². The Kier molecular flexibility index (Phi) is 3.89. The first kappa shape index (κ1) is 10.7. The van der Waals surface area contributed by atoms with Crippen molar-refractivity contribution < 1.29 is 0 Å². The first-order valence-electron chi connectivity index (χ1n) is 5.50. The highest BCUT2D eigenvalue weighted by Crippen LogP contribution is 2.33. The summed E-state index contributed by atoms with van der Waals surface area (Å²) in [7, 11) is 0. The Morgan fingerprint density at radius 3 is 2.00 bits per heavy atom. The van der Waals surface area contributed by atoms with Crippen LogP contribution in [0.4, 0.5) is 0 Å². The van der Waals surface area contributed by atoms with Crippen LogP contribution in [0.2, 0.25) is 0 Å². The van der Waals surface area contributed by atoms with Gasteiger partial charge in [0.05, 0.1) is 6.04 Å². The maximum Gasteiger partial charge on any atom is 0.0706 e. The minimum atomic E-state index is 0.239. The summed E-state index contributed by atoms with van der Waals surface area (Å²) in [5.41, 5.74) is 7.07. The fourth-order valence-electron chi connectivity index (χ4n) is 2.43. The van der Waals surface area contributed by atoms with Crippen molar-refractivity contribution in [3.63, 3.8) is 0 Å². The SMILES string of the molecule is CC1CCC(C)CC(C(C)N=N)C1. The maximum absolute atomic E-state index is 7.07. The predicted octanol–water partition coefficient (Wildman–Crippen LogP) is 3.87. The Morgan fingerprint density at radius 1 is 1.15 bits per heavy atom. The van der Waals surface area contributed by atoms with Gasteiger partial charge in [-0.05, 0) is 37.5 Å². The minimum Gasteiger partial charge on any atom is -0.210 e. The van der Waals surface area contributed by atoms with Crippen molar-refractivity contribution in [2.24, 2.45) is 22.9 Å². The van der Waals surface area contributed by atoms with Crippen molar-refractivity contribution >= 4 is 0 Å². The number of rotatable bonds is 2. The Balaban J connectivity index is 2.55. The molecule has 0 spiro atoms. The smallest absolute Gasteiger partial charge is 0.0706 e. The van der Waals surface area contributed by atoms with E-state index in [2.05, 4.69) is 25.9 Å². The second-order valence-corrected chi connectivity index (χ2v) is 4.89. The average molecular weight is 182 g/mol. The summed E-state index contributed by atoms with van der Waals surface area (Å²) >= 11 is 0. The zero-order chi connectivity index (χ0) is 9.84. The van der Waals surface area contributed by atoms with Gasteiger partial charge in [-0.15, -0.1) is 0 Å². The Hall–Kier alpha value is -0.400. The minimum absolute atomic E-state index is 0.239. The summed E-state index contributed by atoms with van der Waals surface area (Å²) < 4.78 is 0. The summed E-state index contributed by atoms with van der Waals surface area (Å²) in [6.45, 7) is 6.76. The van der Waals surface area contributed by atoms with Crippen LogP contribution in [0.25, 0.3) is 0 Å². The molecule has 1 rings (SSSR count). The third kappa shape index (κ3) is 3.09. The highest BCUT2D eigenvalue weighted by atomic mass is 15.0. The van der Waals surface area contributed by atoms with Gasteiger partial charge in [0.2, 0.25) is 0 Å². The first-order valence-corrected chi connectivity index (χ1v) is 5.50. The van der Waals surface area contributed by atoms with Crippen LogP contribution in [0, 0.1) is 23.3 Å². The largest absolute Gasteiger partial charge is 0.210 e. The van der Waals surface area contributed by atoms with Crippen molar-refractivity contribution in [2.45, 2.75) is 52.5 Å². The van der Waals surface area contributed by atoms with Gasteiger partial charge in [0.1, 0.15) is 0 Å². The van der Waals surface area contributed by atoms with E-state index in [1.807, 2.05) is 0 Å². The normalized spacial score (nSPS) is 37.9. The zero-order valence-corrected chi connectivity index (χ0v) is 9.09. The molecular formula is C11H22N2. The van der Waals surface area contributed by atoms with Crippen molar-refractivity contribution in [1.29, 1.82) is 5.53 Å². The standard InChI is InChI=1S/C11H22N2/c1-8-4-5-9(2)7-11(6-8)10(3)13-12/h8-12H,4-7H2,1-3H3. The van der Waals surface area contributed by atoms with Gasteiger partial charge in [-0.3, -0.25) is 0 Å². The van der Waals surface area contributed by atoms with E-state index in [-0.39, 0.29) is 6.04 Å². The molecule has 0 bridgehead atoms. The van der Waals surface area contributed by atoms with Crippen molar-refractivity contribution in [3.05, 3.63) is 0 Å². The van der Waals surface area contributed by atoms with Crippen molar-refractivity contribution in [2.75, 3.05) is 0 Å². The molecule has 3 atom stereocenters. The number of nitrogens with one attached hydrogen (secondary N) is 1. The third-order valence-electron chi connectivity index (χ3n) is 3.45. The lowest BCUT2D eigenvalue weighted by atomic mass is 9.88. The van der Waals surface area contributed by atoms with Gasteiger partial charge >= 0.3 is 0 Å². The molecule has 0 aromatic rings. The molecule has 0 radical (unpaired) electrons. The molecule has 1 fully saturated rings. The Morgan fingerprint density at radius 2 is 1.62 bits per heavy atom. The molecule has 2 heteroatoms. The van der Waals surface area contributed by atoms with Crippen LogP contribution in [-0.2, 0) is 0 Å². The van der Waals surface area contributed by atoms with Crippen LogP contribution in [0.3, 0.4) is 0 Å². The van der Waals surface area contributed by atoms with E-state index in [0.717, 1.165) is 11.8 Å². The van der Waals surface area contributed by atoms with Gasteiger partial charge in [0.15, 0.2) is 0 Å². The molecule has 1 aliphatic rings.